The molecule has 3 heteroatoms. The number of rotatable bonds is 0. The van der Waals surface area contributed by atoms with Crippen LogP contribution in [0.2, 0.25) is 0 Å². The molecule has 0 saturated carbocycles. The summed E-state index contributed by atoms with van der Waals surface area (Å²) in [7, 11) is 0. The van der Waals surface area contributed by atoms with Crippen molar-refractivity contribution in [2.24, 2.45) is 0 Å². The Bertz CT molecular complexity index is 470. The van der Waals surface area contributed by atoms with Crippen LogP contribution in [0.4, 0.5) is 11.4 Å². The molecule has 0 bridgehead atoms. The largest absolute Gasteiger partial charge is 0.358 e. The van der Waals surface area contributed by atoms with Crippen molar-refractivity contribution < 1.29 is 4.79 Å². The maximum absolute atomic E-state index is 12.3. The van der Waals surface area contributed by atoms with Gasteiger partial charge in [0.15, 0.2) is 0 Å². The van der Waals surface area contributed by atoms with E-state index in [0.717, 1.165) is 30.6 Å². The SMILES string of the molecule is Cc1cccc2c1NC(=O)C1CCCCCCN21. The number of para-hydroxylation sites is 1. The Morgan fingerprint density at radius 3 is 2.94 bits per heavy atom. The molecule has 2 aliphatic heterocycles. The number of hydrogen-bond donors (Lipinski definition) is 1. The summed E-state index contributed by atoms with van der Waals surface area (Å²) in [5.41, 5.74) is 3.38. The van der Waals surface area contributed by atoms with Crippen molar-refractivity contribution in [3.05, 3.63) is 23.8 Å². The lowest BCUT2D eigenvalue weighted by atomic mass is 9.97. The van der Waals surface area contributed by atoms with E-state index in [0.29, 0.717) is 0 Å². The van der Waals surface area contributed by atoms with Crippen LogP contribution in [0.25, 0.3) is 0 Å². The zero-order valence-corrected chi connectivity index (χ0v) is 10.9. The number of carbonyl (C=O) groups excluding carboxylic acids is 1. The zero-order valence-electron chi connectivity index (χ0n) is 10.9. The van der Waals surface area contributed by atoms with Crippen LogP contribution in [0.3, 0.4) is 0 Å². The molecule has 0 aliphatic carbocycles. The van der Waals surface area contributed by atoms with Gasteiger partial charge in [-0.1, -0.05) is 31.4 Å². The van der Waals surface area contributed by atoms with Gasteiger partial charge < -0.3 is 10.2 Å². The highest BCUT2D eigenvalue weighted by molar-refractivity contribution is 6.04. The van der Waals surface area contributed by atoms with Crippen molar-refractivity contribution in [2.45, 2.75) is 45.1 Å². The summed E-state index contributed by atoms with van der Waals surface area (Å²) in [5.74, 6) is 0.179. The topological polar surface area (TPSA) is 32.3 Å². The third-order valence-corrected chi connectivity index (χ3v) is 4.11. The van der Waals surface area contributed by atoms with E-state index >= 15 is 0 Å². The van der Waals surface area contributed by atoms with Gasteiger partial charge >= 0.3 is 0 Å². The maximum atomic E-state index is 12.3. The van der Waals surface area contributed by atoms with Gasteiger partial charge in [-0.05, 0) is 31.4 Å². The van der Waals surface area contributed by atoms with Gasteiger partial charge in [0.1, 0.15) is 6.04 Å². The number of amides is 1. The van der Waals surface area contributed by atoms with Gasteiger partial charge in [-0.15, -0.1) is 0 Å². The van der Waals surface area contributed by atoms with E-state index in [4.69, 9.17) is 0 Å². The van der Waals surface area contributed by atoms with Crippen LogP contribution in [0.5, 0.6) is 0 Å². The van der Waals surface area contributed by atoms with Crippen LogP contribution in [0, 0.1) is 6.92 Å². The van der Waals surface area contributed by atoms with Gasteiger partial charge in [-0.3, -0.25) is 4.79 Å². The fourth-order valence-corrected chi connectivity index (χ4v) is 3.11. The lowest BCUT2D eigenvalue weighted by Gasteiger charge is -2.39. The first-order valence-corrected chi connectivity index (χ1v) is 6.94. The van der Waals surface area contributed by atoms with Crippen LogP contribution in [-0.4, -0.2) is 18.5 Å². The van der Waals surface area contributed by atoms with Gasteiger partial charge in [-0.2, -0.15) is 0 Å². The predicted molar refractivity (Wildman–Crippen MR) is 74.0 cm³/mol. The molecule has 1 aromatic rings. The Morgan fingerprint density at radius 2 is 2.06 bits per heavy atom. The quantitative estimate of drug-likeness (QED) is 0.760. The third kappa shape index (κ3) is 1.88. The number of anilines is 2. The average molecular weight is 244 g/mol. The Kier molecular flexibility index (Phi) is 2.98. The van der Waals surface area contributed by atoms with E-state index in [2.05, 4.69) is 35.3 Å². The summed E-state index contributed by atoms with van der Waals surface area (Å²) in [6, 6.07) is 6.32. The van der Waals surface area contributed by atoms with Crippen molar-refractivity contribution in [2.75, 3.05) is 16.8 Å². The smallest absolute Gasteiger partial charge is 0.247 e. The molecule has 18 heavy (non-hydrogen) atoms. The fraction of sp³-hybridized carbons (Fsp3) is 0.533. The van der Waals surface area contributed by atoms with E-state index < -0.39 is 0 Å². The molecule has 1 fully saturated rings. The lowest BCUT2D eigenvalue weighted by molar-refractivity contribution is -0.117. The molecule has 1 amide bonds. The molecule has 1 unspecified atom stereocenters. The molecule has 1 atom stereocenters. The number of fused-ring (bicyclic) bond motifs is 3. The molecule has 96 valence electrons. The first kappa shape index (κ1) is 11.6. The number of carbonyl (C=O) groups is 1. The minimum absolute atomic E-state index is 0.0413. The molecule has 0 spiro atoms. The summed E-state index contributed by atoms with van der Waals surface area (Å²) in [6.07, 6.45) is 5.89. The van der Waals surface area contributed by atoms with Crippen LogP contribution in [0.1, 0.15) is 37.7 Å². The van der Waals surface area contributed by atoms with E-state index in [1.54, 1.807) is 0 Å². The number of aryl methyl sites for hydroxylation is 1. The predicted octanol–water partition coefficient (Wildman–Crippen LogP) is 3.09. The first-order chi connectivity index (χ1) is 8.77. The normalized spacial score (nSPS) is 23.5. The summed E-state index contributed by atoms with van der Waals surface area (Å²) < 4.78 is 0. The number of nitrogens with zero attached hydrogens (tertiary/aromatic N) is 1. The van der Waals surface area contributed by atoms with Crippen LogP contribution in [-0.2, 0) is 4.79 Å². The standard InChI is InChI=1S/C15H20N2O/c1-11-7-6-9-12-14(11)16-15(18)13-8-4-2-3-5-10-17(12)13/h6-7,9,13H,2-5,8,10H2,1H3,(H,16,18). The highest BCUT2D eigenvalue weighted by Crippen LogP contribution is 2.36. The minimum atomic E-state index is 0.0413. The second-order valence-corrected chi connectivity index (χ2v) is 5.37. The Hall–Kier alpha value is -1.51. The Balaban J connectivity index is 2.02. The third-order valence-electron chi connectivity index (χ3n) is 4.11. The van der Waals surface area contributed by atoms with Crippen molar-refractivity contribution in [1.82, 2.24) is 0 Å². The van der Waals surface area contributed by atoms with Crippen molar-refractivity contribution in [1.29, 1.82) is 0 Å². The summed E-state index contributed by atoms with van der Waals surface area (Å²) >= 11 is 0. The molecule has 1 N–H and O–H groups in total. The number of benzene rings is 1. The van der Waals surface area contributed by atoms with E-state index in [9.17, 15) is 4.79 Å². The summed E-state index contributed by atoms with van der Waals surface area (Å²) in [6.45, 7) is 3.07. The second-order valence-electron chi connectivity index (χ2n) is 5.37. The van der Waals surface area contributed by atoms with Crippen molar-refractivity contribution >= 4 is 17.3 Å². The minimum Gasteiger partial charge on any atom is -0.358 e. The lowest BCUT2D eigenvalue weighted by Crippen LogP contribution is -2.49. The molecule has 0 aromatic heterocycles. The highest BCUT2D eigenvalue weighted by atomic mass is 16.2. The van der Waals surface area contributed by atoms with Gasteiger partial charge in [-0.25, -0.2) is 0 Å². The molecule has 1 saturated heterocycles. The molecular weight excluding hydrogens is 224 g/mol. The molecule has 2 heterocycles. The van der Waals surface area contributed by atoms with Gasteiger partial charge in [0.2, 0.25) is 5.91 Å². The van der Waals surface area contributed by atoms with Crippen LogP contribution >= 0.6 is 0 Å². The number of nitrogens with one attached hydrogen (secondary N) is 1. The fourth-order valence-electron chi connectivity index (χ4n) is 3.11. The van der Waals surface area contributed by atoms with Gasteiger partial charge in [0, 0.05) is 6.54 Å². The maximum Gasteiger partial charge on any atom is 0.247 e. The zero-order chi connectivity index (χ0) is 12.5. The summed E-state index contributed by atoms with van der Waals surface area (Å²) in [5, 5.41) is 3.09. The van der Waals surface area contributed by atoms with Gasteiger partial charge in [0.05, 0.1) is 11.4 Å². The summed E-state index contributed by atoms with van der Waals surface area (Å²) in [4.78, 5) is 14.6. The molecule has 1 aromatic carbocycles. The van der Waals surface area contributed by atoms with Crippen molar-refractivity contribution in [3.63, 3.8) is 0 Å². The Morgan fingerprint density at radius 1 is 1.22 bits per heavy atom. The first-order valence-electron chi connectivity index (χ1n) is 6.94. The van der Waals surface area contributed by atoms with E-state index in [-0.39, 0.29) is 11.9 Å². The molecule has 3 nitrogen and oxygen atoms in total. The average Bonchev–Trinajstić information content (AvgIpc) is 2.31. The van der Waals surface area contributed by atoms with E-state index in [1.807, 2.05) is 0 Å². The van der Waals surface area contributed by atoms with Crippen LogP contribution < -0.4 is 10.2 Å². The van der Waals surface area contributed by atoms with Crippen LogP contribution in [0.15, 0.2) is 18.2 Å². The molecular formula is C15H20N2O. The monoisotopic (exact) mass is 244 g/mol. The molecule has 2 aliphatic rings. The van der Waals surface area contributed by atoms with Crippen molar-refractivity contribution in [3.8, 4) is 0 Å². The van der Waals surface area contributed by atoms with Gasteiger partial charge in [0.25, 0.3) is 0 Å². The Labute approximate surface area is 108 Å². The number of hydrogen-bond acceptors (Lipinski definition) is 2. The highest BCUT2D eigenvalue weighted by Gasteiger charge is 2.33. The molecule has 0 radical (unpaired) electrons. The molecule has 3 rings (SSSR count). The van der Waals surface area contributed by atoms with E-state index in [1.165, 1.54) is 24.9 Å². The second kappa shape index (κ2) is 4.63.